The first-order chi connectivity index (χ1) is 12.1. The number of carbonyl (C=O) groups excluding carboxylic acids is 2. The van der Waals surface area contributed by atoms with Crippen LogP contribution in [0, 0.1) is 0 Å². The summed E-state index contributed by atoms with van der Waals surface area (Å²) < 4.78 is 15.5. The van der Waals surface area contributed by atoms with Crippen molar-refractivity contribution in [3.63, 3.8) is 0 Å². The normalized spacial score (nSPS) is 12.5. The van der Waals surface area contributed by atoms with Gasteiger partial charge in [0, 0.05) is 12.2 Å². The molecule has 2 aromatic carbocycles. The highest BCUT2D eigenvalue weighted by Gasteiger charge is 2.25. The average Bonchev–Trinajstić information content (AvgIpc) is 3.09. The first-order valence-electron chi connectivity index (χ1n) is 7.91. The topological polar surface area (TPSA) is 65.1 Å². The number of hydrogen-bond donors (Lipinski definition) is 0. The number of ether oxygens (including phenoxy) is 3. The van der Waals surface area contributed by atoms with Crippen LogP contribution in [0.15, 0.2) is 42.5 Å². The van der Waals surface area contributed by atoms with E-state index < -0.39 is 5.97 Å². The molecule has 0 fully saturated rings. The molecule has 2 aromatic rings. The summed E-state index contributed by atoms with van der Waals surface area (Å²) in [5, 5.41) is 0. The van der Waals surface area contributed by atoms with Crippen LogP contribution in [0.4, 0.5) is 5.69 Å². The molecule has 0 aromatic heterocycles. The van der Waals surface area contributed by atoms with Gasteiger partial charge in [0.2, 0.25) is 0 Å². The molecule has 0 radical (unpaired) electrons. The molecule has 1 heterocycles. The fourth-order valence-electron chi connectivity index (χ4n) is 2.85. The van der Waals surface area contributed by atoms with E-state index in [1.165, 1.54) is 20.3 Å². The Morgan fingerprint density at radius 3 is 2.64 bits per heavy atom. The Labute approximate surface area is 145 Å². The van der Waals surface area contributed by atoms with Crippen molar-refractivity contribution in [3.05, 3.63) is 53.6 Å². The number of benzene rings is 2. The lowest BCUT2D eigenvalue weighted by Gasteiger charge is -2.17. The monoisotopic (exact) mass is 341 g/mol. The van der Waals surface area contributed by atoms with Crippen LogP contribution in [0.25, 0.3) is 0 Å². The quantitative estimate of drug-likeness (QED) is 0.782. The molecule has 0 spiro atoms. The molecule has 130 valence electrons. The van der Waals surface area contributed by atoms with Crippen molar-refractivity contribution in [2.45, 2.75) is 6.42 Å². The van der Waals surface area contributed by atoms with Gasteiger partial charge in [-0.25, -0.2) is 4.79 Å². The van der Waals surface area contributed by atoms with Gasteiger partial charge in [0.25, 0.3) is 5.91 Å². The van der Waals surface area contributed by atoms with Crippen molar-refractivity contribution >= 4 is 17.6 Å². The lowest BCUT2D eigenvalue weighted by atomic mass is 10.2. The third kappa shape index (κ3) is 3.42. The van der Waals surface area contributed by atoms with Gasteiger partial charge in [-0.15, -0.1) is 0 Å². The zero-order chi connectivity index (χ0) is 17.8. The SMILES string of the molecule is COc1ccc(OC)c(C(=O)OCC(=O)N2CCc3ccccc32)c1. The average molecular weight is 341 g/mol. The predicted molar refractivity (Wildman–Crippen MR) is 92.3 cm³/mol. The van der Waals surface area contributed by atoms with Crippen LogP contribution in [-0.2, 0) is 16.0 Å². The minimum atomic E-state index is -0.628. The summed E-state index contributed by atoms with van der Waals surface area (Å²) in [7, 11) is 2.97. The first kappa shape index (κ1) is 16.8. The predicted octanol–water partition coefficient (Wildman–Crippen LogP) is 2.45. The van der Waals surface area contributed by atoms with Gasteiger partial charge >= 0.3 is 5.97 Å². The Bertz CT molecular complexity index is 802. The summed E-state index contributed by atoms with van der Waals surface area (Å²) >= 11 is 0. The van der Waals surface area contributed by atoms with E-state index in [2.05, 4.69) is 0 Å². The molecule has 0 saturated heterocycles. The van der Waals surface area contributed by atoms with Crippen LogP contribution in [0.3, 0.4) is 0 Å². The van der Waals surface area contributed by atoms with Gasteiger partial charge < -0.3 is 19.1 Å². The largest absolute Gasteiger partial charge is 0.497 e. The van der Waals surface area contributed by atoms with Crippen LogP contribution in [0.1, 0.15) is 15.9 Å². The summed E-state index contributed by atoms with van der Waals surface area (Å²) in [5.74, 6) is -0.00550. The van der Waals surface area contributed by atoms with Gasteiger partial charge in [-0.05, 0) is 36.2 Å². The molecule has 1 amide bonds. The molecular formula is C19H19NO5. The van der Waals surface area contributed by atoms with Gasteiger partial charge in [0.15, 0.2) is 6.61 Å². The number of anilines is 1. The minimum absolute atomic E-state index is 0.219. The fourth-order valence-corrected chi connectivity index (χ4v) is 2.85. The van der Waals surface area contributed by atoms with E-state index >= 15 is 0 Å². The number of hydrogen-bond acceptors (Lipinski definition) is 5. The van der Waals surface area contributed by atoms with Crippen molar-refractivity contribution in [1.82, 2.24) is 0 Å². The molecule has 1 aliphatic heterocycles. The van der Waals surface area contributed by atoms with Gasteiger partial charge in [-0.2, -0.15) is 0 Å². The van der Waals surface area contributed by atoms with Gasteiger partial charge in [-0.3, -0.25) is 4.79 Å². The highest BCUT2D eigenvalue weighted by molar-refractivity contribution is 5.99. The fraction of sp³-hybridized carbons (Fsp3) is 0.263. The Morgan fingerprint density at radius 2 is 1.88 bits per heavy atom. The van der Waals surface area contributed by atoms with Crippen LogP contribution in [0.2, 0.25) is 0 Å². The number of fused-ring (bicyclic) bond motifs is 1. The van der Waals surface area contributed by atoms with Crippen LogP contribution < -0.4 is 14.4 Å². The molecule has 6 nitrogen and oxygen atoms in total. The van der Waals surface area contributed by atoms with E-state index in [0.29, 0.717) is 18.0 Å². The standard InChI is InChI=1S/C19H19NO5/c1-23-14-7-8-17(24-2)15(11-14)19(22)25-12-18(21)20-10-9-13-5-3-4-6-16(13)20/h3-8,11H,9-10,12H2,1-2H3. The zero-order valence-corrected chi connectivity index (χ0v) is 14.2. The molecule has 0 aliphatic carbocycles. The van der Waals surface area contributed by atoms with Crippen LogP contribution in [-0.4, -0.2) is 39.2 Å². The maximum Gasteiger partial charge on any atom is 0.342 e. The number of esters is 1. The third-order valence-corrected chi connectivity index (χ3v) is 4.14. The second-order valence-electron chi connectivity index (χ2n) is 5.57. The van der Waals surface area contributed by atoms with Crippen molar-refractivity contribution in [1.29, 1.82) is 0 Å². The maximum atomic E-state index is 12.4. The lowest BCUT2D eigenvalue weighted by molar-refractivity contribution is -0.121. The smallest absolute Gasteiger partial charge is 0.342 e. The highest BCUT2D eigenvalue weighted by Crippen LogP contribution is 2.28. The highest BCUT2D eigenvalue weighted by atomic mass is 16.5. The maximum absolute atomic E-state index is 12.4. The van der Waals surface area contributed by atoms with Crippen molar-refractivity contribution < 1.29 is 23.8 Å². The molecule has 0 N–H and O–H groups in total. The van der Waals surface area contributed by atoms with Crippen molar-refractivity contribution in [2.75, 3.05) is 32.3 Å². The van der Waals surface area contributed by atoms with Gasteiger partial charge in [-0.1, -0.05) is 18.2 Å². The van der Waals surface area contributed by atoms with Gasteiger partial charge in [0.05, 0.1) is 14.2 Å². The number of carbonyl (C=O) groups is 2. The second-order valence-corrected chi connectivity index (χ2v) is 5.57. The summed E-state index contributed by atoms with van der Waals surface area (Å²) in [6.45, 7) is 0.270. The molecule has 3 rings (SSSR count). The minimum Gasteiger partial charge on any atom is -0.497 e. The van der Waals surface area contributed by atoms with E-state index in [1.54, 1.807) is 17.0 Å². The Morgan fingerprint density at radius 1 is 1.08 bits per heavy atom. The number of para-hydroxylation sites is 1. The second kappa shape index (κ2) is 7.25. The number of nitrogens with zero attached hydrogens (tertiary/aromatic N) is 1. The molecular weight excluding hydrogens is 322 g/mol. The summed E-state index contributed by atoms with van der Waals surface area (Å²) in [6, 6.07) is 12.6. The zero-order valence-electron chi connectivity index (χ0n) is 14.2. The van der Waals surface area contributed by atoms with E-state index in [9.17, 15) is 9.59 Å². The van der Waals surface area contributed by atoms with E-state index in [4.69, 9.17) is 14.2 Å². The molecule has 0 bridgehead atoms. The molecule has 0 atom stereocenters. The summed E-state index contributed by atoms with van der Waals surface area (Å²) in [4.78, 5) is 26.4. The molecule has 25 heavy (non-hydrogen) atoms. The van der Waals surface area contributed by atoms with Crippen molar-refractivity contribution in [3.8, 4) is 11.5 Å². The third-order valence-electron chi connectivity index (χ3n) is 4.14. The van der Waals surface area contributed by atoms with E-state index in [0.717, 1.165) is 17.7 Å². The summed E-state index contributed by atoms with van der Waals surface area (Å²) in [6.07, 6.45) is 0.805. The Kier molecular flexibility index (Phi) is 4.88. The summed E-state index contributed by atoms with van der Waals surface area (Å²) in [5.41, 5.74) is 2.22. The van der Waals surface area contributed by atoms with Crippen LogP contribution in [0.5, 0.6) is 11.5 Å². The lowest BCUT2D eigenvalue weighted by Crippen LogP contribution is -2.33. The molecule has 1 aliphatic rings. The Balaban J connectivity index is 1.68. The van der Waals surface area contributed by atoms with Crippen LogP contribution >= 0.6 is 0 Å². The Hall–Kier alpha value is -3.02. The number of amides is 1. The van der Waals surface area contributed by atoms with E-state index in [1.807, 2.05) is 24.3 Å². The number of methoxy groups -OCH3 is 2. The van der Waals surface area contributed by atoms with Gasteiger partial charge in [0.1, 0.15) is 17.1 Å². The molecule has 0 unspecified atom stereocenters. The molecule has 0 saturated carbocycles. The first-order valence-corrected chi connectivity index (χ1v) is 7.91. The number of rotatable bonds is 5. The van der Waals surface area contributed by atoms with Crippen molar-refractivity contribution in [2.24, 2.45) is 0 Å². The van der Waals surface area contributed by atoms with E-state index in [-0.39, 0.29) is 18.1 Å². The molecule has 6 heteroatoms.